The van der Waals surface area contributed by atoms with E-state index in [1.807, 2.05) is 17.8 Å². The molecule has 0 fully saturated rings. The molecule has 0 atom stereocenters. The van der Waals surface area contributed by atoms with E-state index in [0.29, 0.717) is 6.61 Å². The van der Waals surface area contributed by atoms with Crippen molar-refractivity contribution in [1.82, 2.24) is 9.55 Å². The van der Waals surface area contributed by atoms with Gasteiger partial charge in [-0.25, -0.2) is 4.98 Å². The first-order valence-corrected chi connectivity index (χ1v) is 4.59. The molecular weight excluding hydrogens is 243 g/mol. The van der Waals surface area contributed by atoms with Crippen LogP contribution in [0.25, 0.3) is 0 Å². The number of carbonyl (C=O) groups excluding carboxylic acids is 1. The van der Waals surface area contributed by atoms with Gasteiger partial charge in [-0.3, -0.25) is 4.79 Å². The first-order chi connectivity index (χ1) is 7.66. The van der Waals surface area contributed by atoms with Crippen molar-refractivity contribution in [3.05, 3.63) is 18.7 Å². The molecule has 0 aliphatic rings. The highest BCUT2D eigenvalue weighted by Crippen LogP contribution is 2.06. The molecule has 0 N–H and O–H groups in total. The molecule has 17 heavy (non-hydrogen) atoms. The molecule has 4 nitrogen and oxygen atoms in total. The summed E-state index contributed by atoms with van der Waals surface area (Å²) < 4.78 is 45.3. The van der Waals surface area contributed by atoms with Gasteiger partial charge in [0.2, 0.25) is 0 Å². The minimum atomic E-state index is -6.00. The Morgan fingerprint density at radius 2 is 1.88 bits per heavy atom. The molecule has 1 aromatic heterocycles. The molecule has 0 bridgehead atoms. The third kappa shape index (κ3) is 31.4. The molecule has 0 amide bonds. The molecule has 0 spiro atoms. The van der Waals surface area contributed by atoms with Gasteiger partial charge in [-0.05, 0) is 6.92 Å². The third-order valence-electron chi connectivity index (χ3n) is 0.984. The van der Waals surface area contributed by atoms with Crippen LogP contribution in [0.4, 0.5) is 17.3 Å². The van der Waals surface area contributed by atoms with Crippen LogP contribution in [-0.2, 0) is 16.6 Å². The van der Waals surface area contributed by atoms with Crippen molar-refractivity contribution in [2.75, 3.05) is 6.61 Å². The smallest absolute Gasteiger partial charge is 0.466 e. The Kier molecular flexibility index (Phi) is 10.2. The molecule has 9 heteroatoms. The summed E-state index contributed by atoms with van der Waals surface area (Å²) in [6.45, 7) is 3.65. The number of halogens is 4. The van der Waals surface area contributed by atoms with E-state index in [1.54, 1.807) is 19.4 Å². The Labute approximate surface area is 96.7 Å². The highest BCUT2D eigenvalue weighted by molar-refractivity contribution is 6.50. The number of ether oxygens (including phenoxy) is 1. The monoisotopic (exact) mass is 257 g/mol. The van der Waals surface area contributed by atoms with Gasteiger partial charge in [0.15, 0.2) is 0 Å². The average molecular weight is 257 g/mol. The summed E-state index contributed by atoms with van der Waals surface area (Å²) in [6.07, 6.45) is 5.39. The van der Waals surface area contributed by atoms with E-state index in [2.05, 4.69) is 9.72 Å². The Bertz CT molecular complexity index is 284. The van der Waals surface area contributed by atoms with Gasteiger partial charge in [0.25, 0.3) is 0 Å². The average Bonchev–Trinajstić information content (AvgIpc) is 2.53. The number of hydrogen-bond donors (Lipinski definition) is 0. The number of carbonyl (C=O) groups is 1. The van der Waals surface area contributed by atoms with Crippen LogP contribution in [0.5, 0.6) is 0 Å². The number of imidazole rings is 1. The van der Waals surface area contributed by atoms with Gasteiger partial charge in [0.05, 0.1) is 12.9 Å². The fourth-order valence-corrected chi connectivity index (χ4v) is 0.529. The maximum absolute atomic E-state index is 9.82. The lowest BCUT2D eigenvalue weighted by Crippen LogP contribution is -2.02. The second-order valence-electron chi connectivity index (χ2n) is 2.65. The summed E-state index contributed by atoms with van der Waals surface area (Å²) >= 11 is 0. The van der Waals surface area contributed by atoms with Crippen LogP contribution in [0.3, 0.4) is 0 Å². The summed E-state index contributed by atoms with van der Waals surface area (Å²) in [4.78, 5) is 13.6. The summed E-state index contributed by atoms with van der Waals surface area (Å²) in [6, 6.07) is 0. The maximum atomic E-state index is 9.82. The first kappa shape index (κ1) is 17.8. The van der Waals surface area contributed by atoms with Crippen LogP contribution >= 0.6 is 0 Å². The molecule has 0 saturated carbocycles. The number of esters is 1. The fourth-order valence-electron chi connectivity index (χ4n) is 0.529. The molecule has 1 heterocycles. The number of rotatable bonds is 1. The van der Waals surface area contributed by atoms with Crippen LogP contribution in [-0.4, -0.2) is 29.4 Å². The number of aromatic nitrogens is 2. The Morgan fingerprint density at radius 3 is 1.94 bits per heavy atom. The normalized spacial score (nSPS) is 9.35. The van der Waals surface area contributed by atoms with E-state index in [1.165, 1.54) is 6.92 Å². The van der Waals surface area contributed by atoms with Crippen molar-refractivity contribution in [1.29, 1.82) is 0 Å². The van der Waals surface area contributed by atoms with Gasteiger partial charge in [-0.1, -0.05) is 0 Å². The minimum Gasteiger partial charge on any atom is -0.466 e. The molecule has 100 valence electrons. The third-order valence-corrected chi connectivity index (χ3v) is 0.984. The molecule has 0 aromatic carbocycles. The van der Waals surface area contributed by atoms with Crippen LogP contribution in [0.2, 0.25) is 0 Å². The van der Waals surface area contributed by atoms with E-state index < -0.39 is 7.25 Å². The van der Waals surface area contributed by atoms with Crippen LogP contribution in [0.1, 0.15) is 13.8 Å². The standard InChI is InChI=1S/C4H6N2.C4H8O2.BF4/c1-6-3-2-5-4-6;1-3-6-4(2)5;2-1(3,4)5/h2-4H,1H3;3H2,1-2H3;/q;;-1. The van der Waals surface area contributed by atoms with E-state index in [9.17, 15) is 22.1 Å². The van der Waals surface area contributed by atoms with Crippen LogP contribution in [0, 0.1) is 0 Å². The molecular formula is C8H14BF4N2O2-. The zero-order valence-corrected chi connectivity index (χ0v) is 9.74. The highest BCUT2D eigenvalue weighted by atomic mass is 19.5. The number of nitrogens with zero attached hydrogens (tertiary/aromatic N) is 2. The van der Waals surface area contributed by atoms with Crippen molar-refractivity contribution in [2.45, 2.75) is 13.8 Å². The van der Waals surface area contributed by atoms with E-state index in [0.717, 1.165) is 0 Å². The molecule has 0 aliphatic carbocycles. The first-order valence-electron chi connectivity index (χ1n) is 4.59. The summed E-state index contributed by atoms with van der Waals surface area (Å²) in [5.41, 5.74) is 0. The predicted molar refractivity (Wildman–Crippen MR) is 55.7 cm³/mol. The minimum absolute atomic E-state index is 0.211. The lowest BCUT2D eigenvalue weighted by molar-refractivity contribution is -0.140. The lowest BCUT2D eigenvalue weighted by atomic mass is 10.3. The Balaban J connectivity index is 0. The van der Waals surface area contributed by atoms with Crippen molar-refractivity contribution in [3.8, 4) is 0 Å². The SMILES string of the molecule is CCOC(C)=O.Cn1ccnc1.F[B-](F)(F)F. The molecule has 1 aromatic rings. The summed E-state index contributed by atoms with van der Waals surface area (Å²) in [5, 5.41) is 0. The maximum Gasteiger partial charge on any atom is 0.673 e. The van der Waals surface area contributed by atoms with Gasteiger partial charge >= 0.3 is 13.2 Å². The zero-order chi connectivity index (χ0) is 13.9. The lowest BCUT2D eigenvalue weighted by Gasteiger charge is -1.94. The van der Waals surface area contributed by atoms with Crippen molar-refractivity contribution >= 4 is 13.2 Å². The molecule has 1 rings (SSSR count). The van der Waals surface area contributed by atoms with Gasteiger partial charge in [-0.15, -0.1) is 0 Å². The zero-order valence-electron chi connectivity index (χ0n) is 9.74. The predicted octanol–water partition coefficient (Wildman–Crippen LogP) is 2.29. The fraction of sp³-hybridized carbons (Fsp3) is 0.500. The van der Waals surface area contributed by atoms with E-state index in [-0.39, 0.29) is 5.97 Å². The number of hydrogen-bond acceptors (Lipinski definition) is 3. The summed E-state index contributed by atoms with van der Waals surface area (Å²) in [5.74, 6) is -0.211. The van der Waals surface area contributed by atoms with Crippen LogP contribution in [0.15, 0.2) is 18.7 Å². The molecule has 0 saturated heterocycles. The molecule has 0 aliphatic heterocycles. The second-order valence-corrected chi connectivity index (χ2v) is 2.65. The van der Waals surface area contributed by atoms with E-state index in [4.69, 9.17) is 0 Å². The Morgan fingerprint density at radius 1 is 1.41 bits per heavy atom. The van der Waals surface area contributed by atoms with Gasteiger partial charge in [0, 0.05) is 26.4 Å². The molecule has 0 radical (unpaired) electrons. The highest BCUT2D eigenvalue weighted by Gasteiger charge is 2.20. The van der Waals surface area contributed by atoms with Gasteiger partial charge < -0.3 is 26.6 Å². The topological polar surface area (TPSA) is 44.1 Å². The largest absolute Gasteiger partial charge is 0.673 e. The Hall–Kier alpha value is -1.54. The van der Waals surface area contributed by atoms with Crippen molar-refractivity contribution < 1.29 is 26.8 Å². The summed E-state index contributed by atoms with van der Waals surface area (Å²) in [7, 11) is -4.06. The van der Waals surface area contributed by atoms with Crippen molar-refractivity contribution in [3.63, 3.8) is 0 Å². The second kappa shape index (κ2) is 9.67. The number of aryl methyl sites for hydroxylation is 1. The van der Waals surface area contributed by atoms with E-state index >= 15 is 0 Å². The van der Waals surface area contributed by atoms with Crippen molar-refractivity contribution in [2.24, 2.45) is 7.05 Å². The van der Waals surface area contributed by atoms with Crippen LogP contribution < -0.4 is 0 Å². The van der Waals surface area contributed by atoms with Gasteiger partial charge in [-0.2, -0.15) is 0 Å². The molecule has 0 unspecified atom stereocenters. The quantitative estimate of drug-likeness (QED) is 0.440. The van der Waals surface area contributed by atoms with Gasteiger partial charge in [0.1, 0.15) is 0 Å².